The van der Waals surface area contributed by atoms with Crippen molar-refractivity contribution in [3.05, 3.63) is 48.0 Å². The third-order valence-electron chi connectivity index (χ3n) is 3.58. The Bertz CT molecular complexity index is 696. The Morgan fingerprint density at radius 2 is 2.05 bits per heavy atom. The lowest BCUT2D eigenvalue weighted by atomic mass is 10.1. The molecule has 0 heterocycles. The molecule has 0 spiro atoms. The molecule has 0 aliphatic heterocycles. The average molecular weight is 297 g/mol. The minimum absolute atomic E-state index is 0.0675. The maximum atomic E-state index is 12.0. The zero-order chi connectivity index (χ0) is 15.5. The Balaban J connectivity index is 1.75. The van der Waals surface area contributed by atoms with Crippen molar-refractivity contribution in [2.75, 3.05) is 18.2 Å². The summed E-state index contributed by atoms with van der Waals surface area (Å²) in [5.41, 5.74) is 8.80. The van der Waals surface area contributed by atoms with E-state index in [0.717, 1.165) is 30.0 Å². The molecule has 0 atom stereocenters. The zero-order valence-corrected chi connectivity index (χ0v) is 12.4. The maximum absolute atomic E-state index is 12.0. The minimum Gasteiger partial charge on any atom is -0.497 e. The van der Waals surface area contributed by atoms with Crippen molar-refractivity contribution < 1.29 is 9.53 Å². The van der Waals surface area contributed by atoms with E-state index in [9.17, 15) is 4.79 Å². The highest BCUT2D eigenvalue weighted by Crippen LogP contribution is 2.27. The Morgan fingerprint density at radius 3 is 2.73 bits per heavy atom. The van der Waals surface area contributed by atoms with Crippen molar-refractivity contribution in [2.24, 2.45) is 0 Å². The van der Waals surface area contributed by atoms with Gasteiger partial charge in [0.05, 0.1) is 18.5 Å². The molecular weight excluding hydrogens is 278 g/mol. The number of nitrogen functional groups attached to an aromatic ring is 1. The molecule has 0 radical (unpaired) electrons. The van der Waals surface area contributed by atoms with Gasteiger partial charge in [-0.1, -0.05) is 6.07 Å². The van der Waals surface area contributed by atoms with Crippen LogP contribution in [0.4, 0.5) is 17.1 Å². The number of ether oxygens (including phenoxy) is 1. The van der Waals surface area contributed by atoms with E-state index < -0.39 is 0 Å². The van der Waals surface area contributed by atoms with E-state index in [1.54, 1.807) is 19.2 Å². The first-order chi connectivity index (χ1) is 10.7. The number of carbonyl (C=O) groups excluding carboxylic acids is 1. The summed E-state index contributed by atoms with van der Waals surface area (Å²) < 4.78 is 5.19. The summed E-state index contributed by atoms with van der Waals surface area (Å²) in [6, 6.07) is 13.2. The molecule has 5 nitrogen and oxygen atoms in total. The molecule has 0 bridgehead atoms. The summed E-state index contributed by atoms with van der Waals surface area (Å²) in [5.74, 6) is 0.700. The summed E-state index contributed by atoms with van der Waals surface area (Å²) in [5, 5.41) is 6.18. The van der Waals surface area contributed by atoms with Crippen molar-refractivity contribution in [3.8, 4) is 5.75 Å². The number of methoxy groups -OCH3 is 1. The molecular formula is C17H19N3O2. The molecule has 1 amide bonds. The summed E-state index contributed by atoms with van der Waals surface area (Å²) in [4.78, 5) is 12.0. The molecule has 0 aromatic heterocycles. The van der Waals surface area contributed by atoms with Crippen LogP contribution >= 0.6 is 0 Å². The van der Waals surface area contributed by atoms with Crippen LogP contribution < -0.4 is 21.1 Å². The molecule has 114 valence electrons. The van der Waals surface area contributed by atoms with Crippen molar-refractivity contribution in [3.63, 3.8) is 0 Å². The lowest BCUT2D eigenvalue weighted by Gasteiger charge is -2.12. The van der Waals surface area contributed by atoms with Gasteiger partial charge in [0.2, 0.25) is 0 Å². The van der Waals surface area contributed by atoms with E-state index in [2.05, 4.69) is 10.6 Å². The monoisotopic (exact) mass is 297 g/mol. The van der Waals surface area contributed by atoms with E-state index >= 15 is 0 Å². The van der Waals surface area contributed by atoms with Gasteiger partial charge in [-0.15, -0.1) is 0 Å². The Morgan fingerprint density at radius 1 is 1.23 bits per heavy atom. The van der Waals surface area contributed by atoms with Gasteiger partial charge in [-0.05, 0) is 43.2 Å². The molecule has 4 N–H and O–H groups in total. The van der Waals surface area contributed by atoms with Crippen molar-refractivity contribution in [2.45, 2.75) is 18.9 Å². The quantitative estimate of drug-likeness (QED) is 0.742. The molecule has 3 rings (SSSR count). The number of rotatable bonds is 5. The first-order valence-corrected chi connectivity index (χ1v) is 7.27. The van der Waals surface area contributed by atoms with Crippen LogP contribution in [0.15, 0.2) is 42.5 Å². The maximum Gasteiger partial charge on any atom is 0.251 e. The van der Waals surface area contributed by atoms with Crippen LogP contribution in [0, 0.1) is 0 Å². The number of nitrogens with one attached hydrogen (secondary N) is 2. The molecule has 1 saturated carbocycles. The molecule has 2 aromatic rings. The minimum atomic E-state index is -0.0675. The lowest BCUT2D eigenvalue weighted by Crippen LogP contribution is -2.25. The van der Waals surface area contributed by atoms with Gasteiger partial charge in [0.25, 0.3) is 5.91 Å². The molecule has 1 fully saturated rings. The van der Waals surface area contributed by atoms with E-state index in [-0.39, 0.29) is 5.91 Å². The van der Waals surface area contributed by atoms with E-state index in [4.69, 9.17) is 10.5 Å². The SMILES string of the molecule is COc1cccc(Nc2ccc(C(=O)NC3CC3)cc2N)c1. The molecule has 1 aliphatic rings. The highest BCUT2D eigenvalue weighted by Gasteiger charge is 2.23. The van der Waals surface area contributed by atoms with Crippen LogP contribution in [-0.4, -0.2) is 19.1 Å². The van der Waals surface area contributed by atoms with Crippen LogP contribution in [0.2, 0.25) is 0 Å². The summed E-state index contributed by atoms with van der Waals surface area (Å²) >= 11 is 0. The van der Waals surface area contributed by atoms with Gasteiger partial charge in [-0.2, -0.15) is 0 Å². The fourth-order valence-electron chi connectivity index (χ4n) is 2.17. The number of carbonyl (C=O) groups is 1. The Kier molecular flexibility index (Phi) is 3.87. The van der Waals surface area contributed by atoms with Crippen LogP contribution in [0.25, 0.3) is 0 Å². The number of benzene rings is 2. The van der Waals surface area contributed by atoms with Crippen molar-refractivity contribution in [1.29, 1.82) is 0 Å². The van der Waals surface area contributed by atoms with Crippen LogP contribution in [0.3, 0.4) is 0 Å². The highest BCUT2D eigenvalue weighted by molar-refractivity contribution is 5.96. The van der Waals surface area contributed by atoms with Gasteiger partial charge in [-0.3, -0.25) is 4.79 Å². The molecule has 5 heteroatoms. The third kappa shape index (κ3) is 3.31. The van der Waals surface area contributed by atoms with Crippen LogP contribution in [0.1, 0.15) is 23.2 Å². The molecule has 1 aliphatic carbocycles. The smallest absolute Gasteiger partial charge is 0.251 e. The van der Waals surface area contributed by atoms with Gasteiger partial charge in [0.1, 0.15) is 5.75 Å². The predicted molar refractivity (Wildman–Crippen MR) is 87.6 cm³/mol. The number of hydrogen-bond donors (Lipinski definition) is 3. The predicted octanol–water partition coefficient (Wildman–Crippen LogP) is 2.91. The molecule has 0 unspecified atom stereocenters. The Labute approximate surface area is 129 Å². The average Bonchev–Trinajstić information content (AvgIpc) is 3.33. The lowest BCUT2D eigenvalue weighted by molar-refractivity contribution is 0.0951. The second kappa shape index (κ2) is 5.97. The van der Waals surface area contributed by atoms with Gasteiger partial charge < -0.3 is 21.1 Å². The van der Waals surface area contributed by atoms with E-state index in [0.29, 0.717) is 17.3 Å². The number of nitrogens with two attached hydrogens (primary N) is 1. The first kappa shape index (κ1) is 14.3. The fraction of sp³-hybridized carbons (Fsp3) is 0.235. The second-order valence-corrected chi connectivity index (χ2v) is 5.41. The molecule has 0 saturated heterocycles. The van der Waals surface area contributed by atoms with Crippen molar-refractivity contribution >= 4 is 23.0 Å². The largest absolute Gasteiger partial charge is 0.497 e. The summed E-state index contributed by atoms with van der Waals surface area (Å²) in [7, 11) is 1.63. The first-order valence-electron chi connectivity index (χ1n) is 7.27. The Hall–Kier alpha value is -2.69. The van der Waals surface area contributed by atoms with E-state index in [1.165, 1.54) is 0 Å². The zero-order valence-electron chi connectivity index (χ0n) is 12.4. The molecule has 22 heavy (non-hydrogen) atoms. The number of amides is 1. The molecule has 2 aromatic carbocycles. The van der Waals surface area contributed by atoms with Gasteiger partial charge in [0, 0.05) is 23.4 Å². The summed E-state index contributed by atoms with van der Waals surface area (Å²) in [6.45, 7) is 0. The second-order valence-electron chi connectivity index (χ2n) is 5.41. The van der Waals surface area contributed by atoms with Gasteiger partial charge >= 0.3 is 0 Å². The van der Waals surface area contributed by atoms with Gasteiger partial charge in [-0.25, -0.2) is 0 Å². The van der Waals surface area contributed by atoms with Crippen LogP contribution in [-0.2, 0) is 0 Å². The van der Waals surface area contributed by atoms with Crippen molar-refractivity contribution in [1.82, 2.24) is 5.32 Å². The highest BCUT2D eigenvalue weighted by atomic mass is 16.5. The fourth-order valence-corrected chi connectivity index (χ4v) is 2.17. The number of hydrogen-bond acceptors (Lipinski definition) is 4. The normalized spacial score (nSPS) is 13.5. The standard InChI is InChI=1S/C17H19N3O2/c1-22-14-4-2-3-13(10-14)19-16-8-5-11(9-15(16)18)17(21)20-12-6-7-12/h2-5,8-10,12,19H,6-7,18H2,1H3,(H,20,21). The topological polar surface area (TPSA) is 76.4 Å². The van der Waals surface area contributed by atoms with E-state index in [1.807, 2.05) is 30.3 Å². The third-order valence-corrected chi connectivity index (χ3v) is 3.58. The van der Waals surface area contributed by atoms with Crippen LogP contribution in [0.5, 0.6) is 5.75 Å². The van der Waals surface area contributed by atoms with Gasteiger partial charge in [0.15, 0.2) is 0 Å². The summed E-state index contributed by atoms with van der Waals surface area (Å²) in [6.07, 6.45) is 2.13. The number of anilines is 3.